The lowest BCUT2D eigenvalue weighted by Crippen LogP contribution is -2.10. The molecular formula is C19H24NO4PS. The van der Waals surface area contributed by atoms with Gasteiger partial charge in [-0.1, -0.05) is 48.0 Å². The van der Waals surface area contributed by atoms with E-state index >= 15 is 0 Å². The largest absolute Gasteiger partial charge is 0.350 e. The normalized spacial score (nSPS) is 23.6. The Morgan fingerprint density at radius 2 is 1.58 bits per heavy atom. The van der Waals surface area contributed by atoms with Crippen LogP contribution < -0.4 is 0 Å². The summed E-state index contributed by atoms with van der Waals surface area (Å²) in [5.41, 5.74) is 2.06. The predicted molar refractivity (Wildman–Crippen MR) is 103 cm³/mol. The van der Waals surface area contributed by atoms with Crippen LogP contribution in [-0.4, -0.2) is 27.5 Å². The van der Waals surface area contributed by atoms with E-state index in [1.54, 1.807) is 18.2 Å². The summed E-state index contributed by atoms with van der Waals surface area (Å²) in [5, 5.41) is 0. The minimum Gasteiger partial charge on any atom is -0.308 e. The van der Waals surface area contributed by atoms with E-state index in [1.807, 2.05) is 61.5 Å². The fraction of sp³-hybridized carbons (Fsp3) is 0.368. The zero-order valence-corrected chi connectivity index (χ0v) is 16.9. The van der Waals surface area contributed by atoms with E-state index in [2.05, 4.69) is 0 Å². The first-order valence-electron chi connectivity index (χ1n) is 8.72. The summed E-state index contributed by atoms with van der Waals surface area (Å²) in [4.78, 5) is 0.679. The van der Waals surface area contributed by atoms with Gasteiger partial charge in [0.15, 0.2) is 0 Å². The quantitative estimate of drug-likeness (QED) is 0.483. The summed E-state index contributed by atoms with van der Waals surface area (Å²) in [6.45, 7) is 6.11. The van der Waals surface area contributed by atoms with Crippen LogP contribution in [0.25, 0.3) is 0 Å². The molecule has 0 bridgehead atoms. The molecular weight excluding hydrogens is 369 g/mol. The maximum atomic E-state index is 13.3. The second-order valence-electron chi connectivity index (χ2n) is 6.07. The van der Waals surface area contributed by atoms with Gasteiger partial charge in [0, 0.05) is 0 Å². The molecule has 7 heteroatoms. The minimum atomic E-state index is -3.41. The summed E-state index contributed by atoms with van der Waals surface area (Å²) in [7, 11) is -4.85. The molecule has 1 saturated heterocycles. The lowest BCUT2D eigenvalue weighted by atomic mass is 10.2. The Kier molecular flexibility index (Phi) is 6.10. The van der Waals surface area contributed by atoms with Crippen LogP contribution in [0.2, 0.25) is 0 Å². The number of hydrogen-bond donors (Lipinski definition) is 0. The number of benzene rings is 2. The second-order valence-corrected chi connectivity index (χ2v) is 9.58. The van der Waals surface area contributed by atoms with E-state index in [-0.39, 0.29) is 19.3 Å². The van der Waals surface area contributed by atoms with Gasteiger partial charge in [-0.15, -0.1) is 0 Å². The smallest absolute Gasteiger partial charge is 0.308 e. The van der Waals surface area contributed by atoms with E-state index in [4.69, 9.17) is 9.05 Å². The van der Waals surface area contributed by atoms with Gasteiger partial charge in [-0.3, -0.25) is 4.57 Å². The van der Waals surface area contributed by atoms with Crippen molar-refractivity contribution in [1.82, 2.24) is 4.31 Å². The zero-order valence-electron chi connectivity index (χ0n) is 15.2. The summed E-state index contributed by atoms with van der Waals surface area (Å²) in [6.07, 6.45) is 0. The topological polar surface area (TPSA) is 55.6 Å². The molecule has 0 aliphatic carbocycles. The Morgan fingerprint density at radius 3 is 2.12 bits per heavy atom. The Labute approximate surface area is 157 Å². The second kappa shape index (κ2) is 8.15. The Hall–Kier alpha value is -1.30. The summed E-state index contributed by atoms with van der Waals surface area (Å²) < 4.78 is 39.3. The number of nitrogens with zero attached hydrogens (tertiary/aromatic N) is 1. The number of rotatable bonds is 8. The van der Waals surface area contributed by atoms with Gasteiger partial charge in [0.05, 0.1) is 24.2 Å². The highest BCUT2D eigenvalue weighted by Crippen LogP contribution is 2.68. The standard InChI is InChI=1S/C19H24NO4PS/c1-4-23-25(21,24-5-2)19-18(16-9-7-6-8-10-16)20(19)26(22)17-13-11-15(3)12-14-17/h6-14,18-19H,4-5H2,1-3H3/t18-,19+,20?,26?/m1/s1. The van der Waals surface area contributed by atoms with Crippen LogP contribution in [-0.2, 0) is 24.6 Å². The first-order valence-corrected chi connectivity index (χ1v) is 11.4. The summed E-state index contributed by atoms with van der Waals surface area (Å²) in [6, 6.07) is 16.9. The number of hydrogen-bond acceptors (Lipinski definition) is 4. The Bertz CT molecular complexity index is 802. The van der Waals surface area contributed by atoms with Crippen molar-refractivity contribution in [2.75, 3.05) is 13.2 Å². The average Bonchev–Trinajstić information content (AvgIpc) is 3.39. The third kappa shape index (κ3) is 3.85. The van der Waals surface area contributed by atoms with Crippen molar-refractivity contribution in [3.05, 3.63) is 65.7 Å². The van der Waals surface area contributed by atoms with Crippen molar-refractivity contribution in [3.8, 4) is 0 Å². The molecule has 0 amide bonds. The van der Waals surface area contributed by atoms with E-state index in [9.17, 15) is 8.77 Å². The lowest BCUT2D eigenvalue weighted by molar-refractivity contribution is 0.216. The van der Waals surface area contributed by atoms with Gasteiger partial charge < -0.3 is 9.05 Å². The van der Waals surface area contributed by atoms with E-state index in [0.717, 1.165) is 11.1 Å². The molecule has 26 heavy (non-hydrogen) atoms. The highest BCUT2D eigenvalue weighted by atomic mass is 32.2. The van der Waals surface area contributed by atoms with E-state index in [1.165, 1.54) is 0 Å². The maximum absolute atomic E-state index is 13.3. The van der Waals surface area contributed by atoms with Crippen molar-refractivity contribution in [3.63, 3.8) is 0 Å². The molecule has 0 spiro atoms. The molecule has 2 unspecified atom stereocenters. The van der Waals surface area contributed by atoms with Crippen molar-refractivity contribution in [2.24, 2.45) is 0 Å². The average molecular weight is 393 g/mol. The van der Waals surface area contributed by atoms with Crippen LogP contribution in [0.1, 0.15) is 31.0 Å². The van der Waals surface area contributed by atoms with Crippen LogP contribution in [0, 0.1) is 6.92 Å². The number of aryl methyl sites for hydroxylation is 1. The van der Waals surface area contributed by atoms with Crippen LogP contribution in [0.15, 0.2) is 59.5 Å². The van der Waals surface area contributed by atoms with Crippen LogP contribution >= 0.6 is 7.60 Å². The molecule has 2 aromatic rings. The molecule has 140 valence electrons. The van der Waals surface area contributed by atoms with Crippen molar-refractivity contribution in [1.29, 1.82) is 0 Å². The molecule has 5 nitrogen and oxygen atoms in total. The predicted octanol–water partition coefficient (Wildman–Crippen LogP) is 4.67. The molecule has 4 atom stereocenters. The zero-order chi connectivity index (χ0) is 18.7. The minimum absolute atomic E-state index is 0.262. The third-order valence-corrected chi connectivity index (χ3v) is 8.31. The molecule has 0 N–H and O–H groups in total. The highest BCUT2D eigenvalue weighted by molar-refractivity contribution is 7.83. The van der Waals surface area contributed by atoms with Crippen LogP contribution in [0.5, 0.6) is 0 Å². The molecule has 3 rings (SSSR count). The van der Waals surface area contributed by atoms with Gasteiger partial charge in [-0.05, 0) is 38.5 Å². The fourth-order valence-electron chi connectivity index (χ4n) is 3.01. The van der Waals surface area contributed by atoms with Crippen LogP contribution in [0.3, 0.4) is 0 Å². The molecule has 2 aromatic carbocycles. The first-order chi connectivity index (χ1) is 12.5. The SMILES string of the molecule is CCOP(=O)(OCC)[C@H]1[C@@H](c2ccccc2)N1S(=O)c1ccc(C)cc1. The molecule has 1 aliphatic rings. The highest BCUT2D eigenvalue weighted by Gasteiger charge is 2.63. The Morgan fingerprint density at radius 1 is 1.00 bits per heavy atom. The van der Waals surface area contributed by atoms with Crippen molar-refractivity contribution < 1.29 is 17.8 Å². The van der Waals surface area contributed by atoms with E-state index in [0.29, 0.717) is 4.90 Å². The monoisotopic (exact) mass is 393 g/mol. The van der Waals surface area contributed by atoms with Gasteiger partial charge in [-0.2, -0.15) is 4.31 Å². The lowest BCUT2D eigenvalue weighted by Gasteiger charge is -2.16. The van der Waals surface area contributed by atoms with Crippen LogP contribution in [0.4, 0.5) is 0 Å². The first kappa shape index (κ1) is 19.5. The van der Waals surface area contributed by atoms with Crippen molar-refractivity contribution in [2.45, 2.75) is 37.5 Å². The van der Waals surface area contributed by atoms with Gasteiger partial charge in [0.25, 0.3) is 0 Å². The summed E-state index contributed by atoms with van der Waals surface area (Å²) in [5.74, 6) is -0.549. The molecule has 1 aliphatic heterocycles. The summed E-state index contributed by atoms with van der Waals surface area (Å²) >= 11 is 0. The fourth-order valence-corrected chi connectivity index (χ4v) is 7.12. The van der Waals surface area contributed by atoms with Crippen molar-refractivity contribution >= 4 is 18.6 Å². The maximum Gasteiger partial charge on any atom is 0.350 e. The van der Waals surface area contributed by atoms with Gasteiger partial charge in [-0.25, -0.2) is 4.21 Å². The van der Waals surface area contributed by atoms with E-state index < -0.39 is 24.4 Å². The molecule has 0 saturated carbocycles. The molecule has 0 aromatic heterocycles. The third-order valence-electron chi connectivity index (χ3n) is 4.22. The van der Waals surface area contributed by atoms with Gasteiger partial charge >= 0.3 is 7.60 Å². The molecule has 0 radical (unpaired) electrons. The Balaban J connectivity index is 1.96. The van der Waals surface area contributed by atoms with Gasteiger partial charge in [0.2, 0.25) is 0 Å². The molecule has 1 fully saturated rings. The molecule has 1 heterocycles. The van der Waals surface area contributed by atoms with Gasteiger partial charge in [0.1, 0.15) is 16.8 Å².